The Morgan fingerprint density at radius 2 is 1.90 bits per heavy atom. The van der Waals surface area contributed by atoms with Crippen LogP contribution in [0.25, 0.3) is 0 Å². The molecule has 0 radical (unpaired) electrons. The van der Waals surface area contributed by atoms with E-state index in [0.717, 1.165) is 25.3 Å². The van der Waals surface area contributed by atoms with Gasteiger partial charge in [0, 0.05) is 41.9 Å². The summed E-state index contributed by atoms with van der Waals surface area (Å²) < 4.78 is 0. The van der Waals surface area contributed by atoms with Gasteiger partial charge in [0.05, 0.1) is 0 Å². The molecule has 0 unspecified atom stereocenters. The summed E-state index contributed by atoms with van der Waals surface area (Å²) >= 11 is 0. The normalized spacial score (nSPS) is 10.6. The first kappa shape index (κ1) is 14.5. The molecule has 3 heteroatoms. The quantitative estimate of drug-likeness (QED) is 0.867. The van der Waals surface area contributed by atoms with E-state index in [1.165, 1.54) is 16.9 Å². The summed E-state index contributed by atoms with van der Waals surface area (Å²) in [5.41, 5.74) is 4.75. The van der Waals surface area contributed by atoms with Crippen LogP contribution in [0.4, 0.5) is 11.4 Å². The number of nitrogens with one attached hydrogen (secondary N) is 1. The Morgan fingerprint density at radius 3 is 2.55 bits per heavy atom. The van der Waals surface area contributed by atoms with Gasteiger partial charge in [-0.25, -0.2) is 0 Å². The second kappa shape index (κ2) is 7.06. The van der Waals surface area contributed by atoms with Crippen molar-refractivity contribution in [3.05, 3.63) is 53.9 Å². The molecule has 1 N–H and O–H groups in total. The van der Waals surface area contributed by atoms with E-state index >= 15 is 0 Å². The van der Waals surface area contributed by atoms with Crippen LogP contribution < -0.4 is 10.2 Å². The van der Waals surface area contributed by atoms with Crippen LogP contribution in [0.15, 0.2) is 42.6 Å². The summed E-state index contributed by atoms with van der Waals surface area (Å²) in [7, 11) is 0. The van der Waals surface area contributed by atoms with Crippen molar-refractivity contribution in [1.82, 2.24) is 10.3 Å². The van der Waals surface area contributed by atoms with Crippen molar-refractivity contribution in [2.24, 2.45) is 0 Å². The first-order chi connectivity index (χ1) is 9.76. The molecule has 0 aliphatic carbocycles. The molecule has 0 amide bonds. The minimum atomic E-state index is 0.850. The Morgan fingerprint density at radius 1 is 1.15 bits per heavy atom. The van der Waals surface area contributed by atoms with Crippen molar-refractivity contribution in [1.29, 1.82) is 0 Å². The molecule has 1 aromatic heterocycles. The molecular weight excluding hydrogens is 246 g/mol. The second-order valence-electron chi connectivity index (χ2n) is 4.81. The van der Waals surface area contributed by atoms with Crippen LogP contribution in [0.1, 0.15) is 25.1 Å². The predicted octanol–water partition coefficient (Wildman–Crippen LogP) is 3.66. The van der Waals surface area contributed by atoms with Gasteiger partial charge in [-0.3, -0.25) is 4.98 Å². The van der Waals surface area contributed by atoms with Crippen molar-refractivity contribution in [2.45, 2.75) is 27.3 Å². The van der Waals surface area contributed by atoms with Crippen LogP contribution >= 0.6 is 0 Å². The fraction of sp³-hybridized carbons (Fsp3) is 0.353. The molecule has 2 rings (SSSR count). The van der Waals surface area contributed by atoms with Crippen molar-refractivity contribution >= 4 is 11.4 Å². The molecule has 3 nitrogen and oxygen atoms in total. The molecule has 0 saturated carbocycles. The Balaban J connectivity index is 2.40. The third kappa shape index (κ3) is 3.36. The summed E-state index contributed by atoms with van der Waals surface area (Å²) in [6, 6.07) is 12.7. The summed E-state index contributed by atoms with van der Waals surface area (Å²) in [4.78, 5) is 6.77. The van der Waals surface area contributed by atoms with Gasteiger partial charge in [0.25, 0.3) is 0 Å². The van der Waals surface area contributed by atoms with Gasteiger partial charge in [-0.1, -0.05) is 25.1 Å². The van der Waals surface area contributed by atoms with Gasteiger partial charge in [-0.2, -0.15) is 0 Å². The van der Waals surface area contributed by atoms with Crippen molar-refractivity contribution in [2.75, 3.05) is 18.0 Å². The lowest BCUT2D eigenvalue weighted by Gasteiger charge is -2.26. The maximum Gasteiger partial charge on any atom is 0.0489 e. The lowest BCUT2D eigenvalue weighted by Crippen LogP contribution is -2.21. The largest absolute Gasteiger partial charge is 0.341 e. The van der Waals surface area contributed by atoms with Crippen LogP contribution in [0.5, 0.6) is 0 Å². The van der Waals surface area contributed by atoms with Crippen molar-refractivity contribution in [3.63, 3.8) is 0 Å². The number of aromatic nitrogens is 1. The van der Waals surface area contributed by atoms with E-state index in [2.05, 4.69) is 65.4 Å². The number of nitrogens with zero attached hydrogens (tertiary/aromatic N) is 2. The number of hydrogen-bond donors (Lipinski definition) is 1. The van der Waals surface area contributed by atoms with Gasteiger partial charge < -0.3 is 10.2 Å². The number of aryl methyl sites for hydroxylation is 1. The lowest BCUT2D eigenvalue weighted by atomic mass is 10.1. The molecule has 0 fully saturated rings. The molecule has 20 heavy (non-hydrogen) atoms. The van der Waals surface area contributed by atoms with Crippen LogP contribution in [-0.2, 0) is 6.54 Å². The highest BCUT2D eigenvalue weighted by atomic mass is 15.1. The molecule has 0 atom stereocenters. The maximum absolute atomic E-state index is 4.44. The molecule has 1 aromatic carbocycles. The Labute approximate surface area is 121 Å². The minimum Gasteiger partial charge on any atom is -0.341 e. The average molecular weight is 269 g/mol. The van der Waals surface area contributed by atoms with Gasteiger partial charge >= 0.3 is 0 Å². The SMILES string of the molecule is CCNCc1cnc(C)cc1N(CC)c1ccccc1. The monoisotopic (exact) mass is 269 g/mol. The van der Waals surface area contributed by atoms with Crippen molar-refractivity contribution < 1.29 is 0 Å². The summed E-state index contributed by atoms with van der Waals surface area (Å²) in [5.74, 6) is 0. The van der Waals surface area contributed by atoms with E-state index in [4.69, 9.17) is 0 Å². The highest BCUT2D eigenvalue weighted by Crippen LogP contribution is 2.28. The number of para-hydroxylation sites is 1. The number of anilines is 2. The van der Waals surface area contributed by atoms with Crippen LogP contribution in [0.2, 0.25) is 0 Å². The number of benzene rings is 1. The van der Waals surface area contributed by atoms with Gasteiger partial charge in [-0.15, -0.1) is 0 Å². The highest BCUT2D eigenvalue weighted by molar-refractivity contribution is 5.66. The van der Waals surface area contributed by atoms with E-state index < -0.39 is 0 Å². The Kier molecular flexibility index (Phi) is 5.13. The zero-order valence-corrected chi connectivity index (χ0v) is 12.6. The molecule has 0 saturated heterocycles. The van der Waals surface area contributed by atoms with Crippen LogP contribution in [-0.4, -0.2) is 18.1 Å². The molecule has 106 valence electrons. The zero-order valence-electron chi connectivity index (χ0n) is 12.6. The van der Waals surface area contributed by atoms with E-state index in [-0.39, 0.29) is 0 Å². The lowest BCUT2D eigenvalue weighted by molar-refractivity contribution is 0.722. The topological polar surface area (TPSA) is 28.2 Å². The first-order valence-corrected chi connectivity index (χ1v) is 7.25. The highest BCUT2D eigenvalue weighted by Gasteiger charge is 2.12. The summed E-state index contributed by atoms with van der Waals surface area (Å²) in [5, 5.41) is 3.39. The maximum atomic E-state index is 4.44. The van der Waals surface area contributed by atoms with Gasteiger partial charge in [0.2, 0.25) is 0 Å². The smallest absolute Gasteiger partial charge is 0.0489 e. The third-order valence-electron chi connectivity index (χ3n) is 3.34. The molecule has 1 heterocycles. The summed E-state index contributed by atoms with van der Waals surface area (Å²) in [6.45, 7) is 9.09. The molecule has 0 bridgehead atoms. The fourth-order valence-electron chi connectivity index (χ4n) is 2.32. The summed E-state index contributed by atoms with van der Waals surface area (Å²) in [6.07, 6.45) is 1.99. The minimum absolute atomic E-state index is 0.850. The van der Waals surface area contributed by atoms with Gasteiger partial charge in [0.15, 0.2) is 0 Å². The molecule has 0 aliphatic heterocycles. The first-order valence-electron chi connectivity index (χ1n) is 7.25. The Bertz CT molecular complexity index is 537. The van der Waals surface area contributed by atoms with E-state index in [1.807, 2.05) is 13.1 Å². The predicted molar refractivity (Wildman–Crippen MR) is 85.5 cm³/mol. The van der Waals surface area contributed by atoms with Crippen LogP contribution in [0.3, 0.4) is 0 Å². The number of pyridine rings is 1. The second-order valence-corrected chi connectivity index (χ2v) is 4.81. The molecular formula is C17H23N3. The number of hydrogen-bond acceptors (Lipinski definition) is 3. The third-order valence-corrected chi connectivity index (χ3v) is 3.34. The number of rotatable bonds is 6. The van der Waals surface area contributed by atoms with E-state index in [1.54, 1.807) is 0 Å². The molecule has 0 aliphatic rings. The fourth-order valence-corrected chi connectivity index (χ4v) is 2.32. The van der Waals surface area contributed by atoms with Crippen LogP contribution in [0, 0.1) is 6.92 Å². The zero-order chi connectivity index (χ0) is 14.4. The van der Waals surface area contributed by atoms with Crippen molar-refractivity contribution in [3.8, 4) is 0 Å². The Hall–Kier alpha value is -1.87. The molecule has 2 aromatic rings. The van der Waals surface area contributed by atoms with E-state index in [9.17, 15) is 0 Å². The standard InChI is InChI=1S/C17H23N3/c1-4-18-12-15-13-19-14(3)11-17(15)20(5-2)16-9-7-6-8-10-16/h6-11,13,18H,4-5,12H2,1-3H3. The van der Waals surface area contributed by atoms with E-state index in [0.29, 0.717) is 0 Å². The average Bonchev–Trinajstić information content (AvgIpc) is 2.48. The van der Waals surface area contributed by atoms with Gasteiger partial charge in [0.1, 0.15) is 0 Å². The molecule has 0 spiro atoms. The van der Waals surface area contributed by atoms with Gasteiger partial charge in [-0.05, 0) is 38.6 Å².